The Bertz CT molecular complexity index is 735. The summed E-state index contributed by atoms with van der Waals surface area (Å²) in [6.45, 7) is 0.591. The van der Waals surface area contributed by atoms with Gasteiger partial charge < -0.3 is 4.90 Å². The van der Waals surface area contributed by atoms with Gasteiger partial charge in [0.15, 0.2) is 4.90 Å². The van der Waals surface area contributed by atoms with Gasteiger partial charge in [0.1, 0.15) is 11.6 Å². The van der Waals surface area contributed by atoms with Gasteiger partial charge in [-0.2, -0.15) is 4.31 Å². The van der Waals surface area contributed by atoms with E-state index in [9.17, 15) is 22.0 Å². The van der Waals surface area contributed by atoms with Crippen LogP contribution in [0.1, 0.15) is 38.5 Å². The summed E-state index contributed by atoms with van der Waals surface area (Å²) in [6, 6.07) is 2.99. The zero-order chi connectivity index (χ0) is 18.7. The number of hydrogen-bond acceptors (Lipinski definition) is 3. The largest absolute Gasteiger partial charge is 0.340 e. The van der Waals surface area contributed by atoms with Crippen LogP contribution >= 0.6 is 0 Å². The van der Waals surface area contributed by atoms with Gasteiger partial charge in [0.05, 0.1) is 0 Å². The van der Waals surface area contributed by atoms with Gasteiger partial charge in [-0.3, -0.25) is 4.79 Å². The normalized spacial score (nSPS) is 19.8. The fourth-order valence-corrected chi connectivity index (χ4v) is 5.35. The Balaban J connectivity index is 1.58. The lowest BCUT2D eigenvalue weighted by Crippen LogP contribution is -2.50. The molecule has 1 aliphatic carbocycles. The van der Waals surface area contributed by atoms with Crippen LogP contribution in [-0.2, 0) is 14.8 Å². The molecule has 0 radical (unpaired) electrons. The van der Waals surface area contributed by atoms with Crippen molar-refractivity contribution < 1.29 is 22.0 Å². The van der Waals surface area contributed by atoms with E-state index < -0.39 is 26.6 Å². The molecule has 0 N–H and O–H groups in total. The average molecular weight is 386 g/mol. The third-order valence-electron chi connectivity index (χ3n) is 5.35. The molecular weight excluding hydrogens is 362 g/mol. The Morgan fingerprint density at radius 2 is 1.62 bits per heavy atom. The van der Waals surface area contributed by atoms with Gasteiger partial charge in [0.2, 0.25) is 15.9 Å². The summed E-state index contributed by atoms with van der Waals surface area (Å²) in [5.74, 6) is -1.53. The summed E-state index contributed by atoms with van der Waals surface area (Å²) in [7, 11) is -4.25. The van der Waals surface area contributed by atoms with E-state index in [1.165, 1.54) is 25.7 Å². The first-order valence-corrected chi connectivity index (χ1v) is 10.6. The lowest BCUT2D eigenvalue weighted by molar-refractivity contribution is -0.132. The van der Waals surface area contributed by atoms with E-state index in [4.69, 9.17) is 0 Å². The number of halogens is 2. The molecule has 0 atom stereocenters. The van der Waals surface area contributed by atoms with E-state index in [1.807, 2.05) is 0 Å². The highest BCUT2D eigenvalue weighted by Crippen LogP contribution is 2.29. The molecule has 1 saturated heterocycles. The number of carbonyl (C=O) groups excluding carboxylic acids is 1. The van der Waals surface area contributed by atoms with Crippen LogP contribution in [-0.4, -0.2) is 49.7 Å². The predicted octanol–water partition coefficient (Wildman–Crippen LogP) is 2.77. The number of carbonyl (C=O) groups is 1. The molecule has 1 aromatic carbocycles. The Morgan fingerprint density at radius 1 is 1.04 bits per heavy atom. The van der Waals surface area contributed by atoms with Crippen LogP contribution in [0.15, 0.2) is 23.1 Å². The third kappa shape index (κ3) is 4.06. The summed E-state index contributed by atoms with van der Waals surface area (Å²) >= 11 is 0. The van der Waals surface area contributed by atoms with Gasteiger partial charge >= 0.3 is 0 Å². The molecule has 2 aliphatic rings. The van der Waals surface area contributed by atoms with E-state index in [0.29, 0.717) is 12.3 Å². The highest BCUT2D eigenvalue weighted by Gasteiger charge is 2.34. The molecule has 0 unspecified atom stereocenters. The van der Waals surface area contributed by atoms with Gasteiger partial charge in [-0.1, -0.05) is 31.7 Å². The number of sulfonamides is 1. The van der Waals surface area contributed by atoms with Crippen LogP contribution in [0.2, 0.25) is 0 Å². The number of amides is 1. The first-order valence-electron chi connectivity index (χ1n) is 9.11. The standard InChI is InChI=1S/C18H24F2N2O3S/c19-15-6-3-7-16(20)18(15)26(24,25)22-12-10-21(11-13-22)17(23)9-8-14-4-1-2-5-14/h3,6-7,14H,1-2,4-5,8-13H2. The topological polar surface area (TPSA) is 57.7 Å². The third-order valence-corrected chi connectivity index (χ3v) is 7.30. The second-order valence-electron chi connectivity index (χ2n) is 7.02. The molecule has 1 aliphatic heterocycles. The monoisotopic (exact) mass is 386 g/mol. The molecular formula is C18H24F2N2O3S. The molecule has 3 rings (SSSR count). The van der Waals surface area contributed by atoms with Crippen LogP contribution < -0.4 is 0 Å². The van der Waals surface area contributed by atoms with Crippen LogP contribution in [0.25, 0.3) is 0 Å². The average Bonchev–Trinajstić information content (AvgIpc) is 3.13. The van der Waals surface area contributed by atoms with Gasteiger partial charge in [0.25, 0.3) is 0 Å². The number of nitrogens with zero attached hydrogens (tertiary/aromatic N) is 2. The van der Waals surface area contributed by atoms with Crippen molar-refractivity contribution in [3.05, 3.63) is 29.8 Å². The lowest BCUT2D eigenvalue weighted by atomic mass is 10.0. The van der Waals surface area contributed by atoms with Gasteiger partial charge in [-0.05, 0) is 24.5 Å². The SMILES string of the molecule is O=C(CCC1CCCC1)N1CCN(S(=O)(=O)c2c(F)cccc2F)CC1. The Hall–Kier alpha value is -1.54. The second kappa shape index (κ2) is 8.00. The van der Waals surface area contributed by atoms with Crippen molar-refractivity contribution in [2.24, 2.45) is 5.92 Å². The molecule has 0 bridgehead atoms. The molecule has 0 spiro atoms. The van der Waals surface area contributed by atoms with Crippen molar-refractivity contribution in [3.63, 3.8) is 0 Å². The quantitative estimate of drug-likeness (QED) is 0.782. The molecule has 1 saturated carbocycles. The highest BCUT2D eigenvalue weighted by molar-refractivity contribution is 7.89. The molecule has 5 nitrogen and oxygen atoms in total. The van der Waals surface area contributed by atoms with Crippen LogP contribution in [0.3, 0.4) is 0 Å². The first kappa shape index (κ1) is 19.2. The molecule has 26 heavy (non-hydrogen) atoms. The maximum atomic E-state index is 13.8. The summed E-state index contributed by atoms with van der Waals surface area (Å²) in [6.07, 6.45) is 6.22. The minimum atomic E-state index is -4.25. The molecule has 144 valence electrons. The van der Waals surface area contributed by atoms with Crippen molar-refractivity contribution in [1.29, 1.82) is 0 Å². The zero-order valence-electron chi connectivity index (χ0n) is 14.7. The van der Waals surface area contributed by atoms with Crippen molar-refractivity contribution >= 4 is 15.9 Å². The number of rotatable bonds is 5. The summed E-state index contributed by atoms with van der Waals surface area (Å²) in [4.78, 5) is 13.1. The van der Waals surface area contributed by atoms with E-state index in [1.54, 1.807) is 4.90 Å². The van der Waals surface area contributed by atoms with Gasteiger partial charge in [-0.25, -0.2) is 17.2 Å². The number of hydrogen-bond donors (Lipinski definition) is 0. The predicted molar refractivity (Wildman–Crippen MR) is 92.9 cm³/mol. The lowest BCUT2D eigenvalue weighted by Gasteiger charge is -2.34. The molecule has 1 amide bonds. The van der Waals surface area contributed by atoms with Gasteiger partial charge in [-0.15, -0.1) is 0 Å². The minimum Gasteiger partial charge on any atom is -0.340 e. The van der Waals surface area contributed by atoms with Crippen molar-refractivity contribution in [1.82, 2.24) is 9.21 Å². The van der Waals surface area contributed by atoms with E-state index >= 15 is 0 Å². The van der Waals surface area contributed by atoms with Crippen molar-refractivity contribution in [2.75, 3.05) is 26.2 Å². The molecule has 1 heterocycles. The van der Waals surface area contributed by atoms with Crippen molar-refractivity contribution in [3.8, 4) is 0 Å². The maximum Gasteiger partial charge on any atom is 0.249 e. The van der Waals surface area contributed by atoms with Crippen LogP contribution in [0, 0.1) is 17.6 Å². The second-order valence-corrected chi connectivity index (χ2v) is 8.90. The molecule has 2 fully saturated rings. The number of piperazine rings is 1. The van der Waals surface area contributed by atoms with Crippen molar-refractivity contribution in [2.45, 2.75) is 43.4 Å². The van der Waals surface area contributed by atoms with Gasteiger partial charge in [0, 0.05) is 32.6 Å². The maximum absolute atomic E-state index is 13.8. The number of benzene rings is 1. The summed E-state index contributed by atoms with van der Waals surface area (Å²) in [5, 5.41) is 0. The smallest absolute Gasteiger partial charge is 0.249 e. The Morgan fingerprint density at radius 3 is 2.19 bits per heavy atom. The summed E-state index contributed by atoms with van der Waals surface area (Å²) in [5.41, 5.74) is 0. The fraction of sp³-hybridized carbons (Fsp3) is 0.611. The minimum absolute atomic E-state index is 0.0334. The molecule has 1 aromatic rings. The fourth-order valence-electron chi connectivity index (χ4n) is 3.82. The molecule has 0 aromatic heterocycles. The van der Waals surface area contributed by atoms with Crippen LogP contribution in [0.5, 0.6) is 0 Å². The zero-order valence-corrected chi connectivity index (χ0v) is 15.5. The molecule has 8 heteroatoms. The Labute approximate surface area is 153 Å². The first-order chi connectivity index (χ1) is 12.4. The van der Waals surface area contributed by atoms with Crippen LogP contribution in [0.4, 0.5) is 8.78 Å². The van der Waals surface area contributed by atoms with E-state index in [-0.39, 0.29) is 32.1 Å². The van der Waals surface area contributed by atoms with E-state index in [0.717, 1.165) is 28.9 Å². The Kier molecular flexibility index (Phi) is 5.92. The van der Waals surface area contributed by atoms with E-state index in [2.05, 4.69) is 0 Å². The highest BCUT2D eigenvalue weighted by atomic mass is 32.2. The summed E-state index contributed by atoms with van der Waals surface area (Å²) < 4.78 is 53.8.